The molecule has 15 heavy (non-hydrogen) atoms. The van der Waals surface area contributed by atoms with E-state index < -0.39 is 0 Å². The molecule has 0 fully saturated rings. The van der Waals surface area contributed by atoms with Crippen molar-refractivity contribution < 1.29 is 0 Å². The predicted molar refractivity (Wildman–Crippen MR) is 68.5 cm³/mol. The summed E-state index contributed by atoms with van der Waals surface area (Å²) < 4.78 is 0.754. The fourth-order valence-corrected chi connectivity index (χ4v) is 2.81. The molecule has 0 saturated heterocycles. The Morgan fingerprint density at radius 3 is 2.13 bits per heavy atom. The molecule has 0 N–H and O–H groups in total. The van der Waals surface area contributed by atoms with Gasteiger partial charge in [-0.1, -0.05) is 35.3 Å². The lowest BCUT2D eigenvalue weighted by Gasteiger charge is -2.07. The number of benzene rings is 1. The van der Waals surface area contributed by atoms with Crippen LogP contribution in [0.1, 0.15) is 15.8 Å². The zero-order chi connectivity index (χ0) is 10.8. The largest absolute Gasteiger partial charge is 0.127 e. The average molecular weight is 278 g/mol. The van der Waals surface area contributed by atoms with Crippen molar-refractivity contribution in [2.45, 2.75) is 5.38 Å². The molecule has 0 aliphatic carbocycles. The molecule has 78 valence electrons. The second kappa shape index (κ2) is 4.75. The summed E-state index contributed by atoms with van der Waals surface area (Å²) in [6, 6.07) is 11.3. The Morgan fingerprint density at radius 1 is 0.933 bits per heavy atom. The van der Waals surface area contributed by atoms with Crippen LogP contribution in [0.25, 0.3) is 0 Å². The number of thiophene rings is 1. The fourth-order valence-electron chi connectivity index (χ4n) is 1.26. The van der Waals surface area contributed by atoms with Crippen LogP contribution in [0.5, 0.6) is 0 Å². The quantitative estimate of drug-likeness (QED) is 0.646. The summed E-state index contributed by atoms with van der Waals surface area (Å²) in [5.74, 6) is 0. The Balaban J connectivity index is 2.28. The van der Waals surface area contributed by atoms with Gasteiger partial charge in [0.2, 0.25) is 0 Å². The van der Waals surface area contributed by atoms with E-state index in [0.717, 1.165) is 14.8 Å². The zero-order valence-electron chi connectivity index (χ0n) is 7.58. The molecule has 0 amide bonds. The van der Waals surface area contributed by atoms with Crippen molar-refractivity contribution in [2.24, 2.45) is 0 Å². The summed E-state index contributed by atoms with van der Waals surface area (Å²) in [6.07, 6.45) is 0. The first kappa shape index (κ1) is 11.3. The first-order chi connectivity index (χ1) is 7.16. The number of hydrogen-bond donors (Lipinski definition) is 0. The van der Waals surface area contributed by atoms with E-state index in [1.165, 1.54) is 11.3 Å². The van der Waals surface area contributed by atoms with Crippen LogP contribution in [0.4, 0.5) is 0 Å². The van der Waals surface area contributed by atoms with Gasteiger partial charge in [0.25, 0.3) is 0 Å². The maximum Gasteiger partial charge on any atom is 0.0931 e. The summed E-state index contributed by atoms with van der Waals surface area (Å²) in [4.78, 5) is 1.05. The highest BCUT2D eigenvalue weighted by molar-refractivity contribution is 7.16. The number of rotatable bonds is 2. The van der Waals surface area contributed by atoms with E-state index >= 15 is 0 Å². The standard InChI is InChI=1S/C11H7Cl3S/c12-8-3-1-7(2-4-8)11(14)9-5-6-10(13)15-9/h1-6,11H. The van der Waals surface area contributed by atoms with Gasteiger partial charge in [0, 0.05) is 9.90 Å². The molecule has 0 spiro atoms. The molecule has 1 atom stereocenters. The highest BCUT2D eigenvalue weighted by Crippen LogP contribution is 2.35. The van der Waals surface area contributed by atoms with Crippen LogP contribution in [0.15, 0.2) is 36.4 Å². The molecule has 0 bridgehead atoms. The van der Waals surface area contributed by atoms with E-state index in [1.54, 1.807) is 0 Å². The number of alkyl halides is 1. The van der Waals surface area contributed by atoms with Crippen LogP contribution in [-0.2, 0) is 0 Å². The summed E-state index contributed by atoms with van der Waals surface area (Å²) in [6.45, 7) is 0. The molecular weight excluding hydrogens is 271 g/mol. The highest BCUT2D eigenvalue weighted by atomic mass is 35.5. The Morgan fingerprint density at radius 2 is 1.60 bits per heavy atom. The fraction of sp³-hybridized carbons (Fsp3) is 0.0909. The lowest BCUT2D eigenvalue weighted by atomic mass is 10.1. The van der Waals surface area contributed by atoms with Crippen molar-refractivity contribution >= 4 is 46.1 Å². The van der Waals surface area contributed by atoms with Gasteiger partial charge in [-0.05, 0) is 29.8 Å². The van der Waals surface area contributed by atoms with Crippen LogP contribution in [0, 0.1) is 0 Å². The van der Waals surface area contributed by atoms with Crippen molar-refractivity contribution in [3.05, 3.63) is 56.2 Å². The van der Waals surface area contributed by atoms with Crippen LogP contribution in [0.3, 0.4) is 0 Å². The lowest BCUT2D eigenvalue weighted by Crippen LogP contribution is -1.88. The molecule has 2 rings (SSSR count). The van der Waals surface area contributed by atoms with Gasteiger partial charge < -0.3 is 0 Å². The Kier molecular flexibility index (Phi) is 3.57. The Labute approximate surface area is 107 Å². The highest BCUT2D eigenvalue weighted by Gasteiger charge is 2.12. The summed E-state index contributed by atoms with van der Waals surface area (Å²) in [5.41, 5.74) is 1.03. The minimum atomic E-state index is -0.153. The molecule has 2 aromatic rings. The van der Waals surface area contributed by atoms with E-state index in [9.17, 15) is 0 Å². The van der Waals surface area contributed by atoms with E-state index in [4.69, 9.17) is 34.8 Å². The molecule has 0 nitrogen and oxygen atoms in total. The SMILES string of the molecule is Clc1ccc(C(Cl)c2ccc(Cl)s2)cc1. The van der Waals surface area contributed by atoms with Crippen LogP contribution in [-0.4, -0.2) is 0 Å². The van der Waals surface area contributed by atoms with Gasteiger partial charge in [-0.2, -0.15) is 0 Å². The number of halogens is 3. The van der Waals surface area contributed by atoms with Gasteiger partial charge in [-0.3, -0.25) is 0 Å². The van der Waals surface area contributed by atoms with Crippen molar-refractivity contribution in [1.29, 1.82) is 0 Å². The van der Waals surface area contributed by atoms with Crippen LogP contribution < -0.4 is 0 Å². The van der Waals surface area contributed by atoms with Crippen molar-refractivity contribution in [3.8, 4) is 0 Å². The zero-order valence-corrected chi connectivity index (χ0v) is 10.7. The number of hydrogen-bond acceptors (Lipinski definition) is 1. The third-order valence-electron chi connectivity index (χ3n) is 2.01. The molecule has 1 heterocycles. The van der Waals surface area contributed by atoms with Crippen molar-refractivity contribution in [2.75, 3.05) is 0 Å². The molecule has 0 saturated carbocycles. The third kappa shape index (κ3) is 2.67. The van der Waals surface area contributed by atoms with Crippen LogP contribution in [0.2, 0.25) is 9.36 Å². The molecule has 4 heteroatoms. The Hall–Kier alpha value is -0.210. The molecule has 0 radical (unpaired) electrons. The third-order valence-corrected chi connectivity index (χ3v) is 4.17. The topological polar surface area (TPSA) is 0 Å². The Bertz CT molecular complexity index is 447. The first-order valence-corrected chi connectivity index (χ1v) is 6.32. The molecule has 1 unspecified atom stereocenters. The van der Waals surface area contributed by atoms with Gasteiger partial charge in [0.1, 0.15) is 0 Å². The van der Waals surface area contributed by atoms with E-state index in [1.807, 2.05) is 36.4 Å². The smallest absolute Gasteiger partial charge is 0.0931 e. The van der Waals surface area contributed by atoms with Gasteiger partial charge in [-0.25, -0.2) is 0 Å². The average Bonchev–Trinajstić information content (AvgIpc) is 2.65. The van der Waals surface area contributed by atoms with Crippen molar-refractivity contribution in [3.63, 3.8) is 0 Å². The maximum absolute atomic E-state index is 6.31. The van der Waals surface area contributed by atoms with E-state index in [-0.39, 0.29) is 5.38 Å². The van der Waals surface area contributed by atoms with Crippen LogP contribution >= 0.6 is 46.1 Å². The molecule has 0 aliphatic rings. The monoisotopic (exact) mass is 276 g/mol. The van der Waals surface area contributed by atoms with Gasteiger partial charge >= 0.3 is 0 Å². The molecular formula is C11H7Cl3S. The normalized spacial score (nSPS) is 12.7. The van der Waals surface area contributed by atoms with Gasteiger partial charge in [0.15, 0.2) is 0 Å². The second-order valence-corrected chi connectivity index (χ2v) is 5.68. The predicted octanol–water partition coefficient (Wildman–Crippen LogP) is 5.38. The summed E-state index contributed by atoms with van der Waals surface area (Å²) >= 11 is 19.5. The molecule has 1 aromatic carbocycles. The molecule has 0 aliphatic heterocycles. The van der Waals surface area contributed by atoms with Gasteiger partial charge in [-0.15, -0.1) is 22.9 Å². The molecule has 1 aromatic heterocycles. The minimum absolute atomic E-state index is 0.153. The first-order valence-electron chi connectivity index (χ1n) is 4.31. The van der Waals surface area contributed by atoms with Gasteiger partial charge in [0.05, 0.1) is 9.71 Å². The minimum Gasteiger partial charge on any atom is -0.127 e. The summed E-state index contributed by atoms with van der Waals surface area (Å²) in [7, 11) is 0. The van der Waals surface area contributed by atoms with Crippen molar-refractivity contribution in [1.82, 2.24) is 0 Å². The van der Waals surface area contributed by atoms with E-state index in [2.05, 4.69) is 0 Å². The maximum atomic E-state index is 6.31. The lowest BCUT2D eigenvalue weighted by molar-refractivity contribution is 1.18. The second-order valence-electron chi connectivity index (χ2n) is 3.06. The summed E-state index contributed by atoms with van der Waals surface area (Å²) in [5, 5.41) is 0.562. The van der Waals surface area contributed by atoms with E-state index in [0.29, 0.717) is 5.02 Å².